The fourth-order valence-corrected chi connectivity index (χ4v) is 3.05. The second kappa shape index (κ2) is 9.82. The van der Waals surface area contributed by atoms with E-state index in [2.05, 4.69) is 5.32 Å². The molecule has 7 heteroatoms. The summed E-state index contributed by atoms with van der Waals surface area (Å²) in [5.41, 5.74) is 1.64. The summed E-state index contributed by atoms with van der Waals surface area (Å²) in [5, 5.41) is 3.74. The van der Waals surface area contributed by atoms with Gasteiger partial charge in [0.25, 0.3) is 5.91 Å². The van der Waals surface area contributed by atoms with Gasteiger partial charge in [0.2, 0.25) is 0 Å². The highest BCUT2D eigenvalue weighted by molar-refractivity contribution is 5.81. The Morgan fingerprint density at radius 3 is 2.40 bits per heavy atom. The predicted octanol–water partition coefficient (Wildman–Crippen LogP) is 3.80. The number of nitrogens with one attached hydrogen (secondary N) is 1. The van der Waals surface area contributed by atoms with E-state index in [1.807, 2.05) is 49.4 Å². The second-order valence-corrected chi connectivity index (χ2v) is 6.86. The van der Waals surface area contributed by atoms with Gasteiger partial charge in [-0.1, -0.05) is 18.2 Å². The fraction of sp³-hybridized carbons (Fsp3) is 0.304. The summed E-state index contributed by atoms with van der Waals surface area (Å²) in [7, 11) is 3.13. The summed E-state index contributed by atoms with van der Waals surface area (Å²) >= 11 is 0. The molecule has 1 N–H and O–H groups in total. The lowest BCUT2D eigenvalue weighted by Crippen LogP contribution is -2.31. The van der Waals surface area contributed by atoms with Crippen molar-refractivity contribution in [1.82, 2.24) is 5.32 Å². The molecule has 0 radical (unpaired) electrons. The van der Waals surface area contributed by atoms with Crippen molar-refractivity contribution in [2.75, 3.05) is 20.8 Å². The van der Waals surface area contributed by atoms with Crippen molar-refractivity contribution in [2.45, 2.75) is 25.8 Å². The average molecular weight is 411 g/mol. The third-order valence-corrected chi connectivity index (χ3v) is 4.64. The molecule has 1 aromatic heterocycles. The molecule has 30 heavy (non-hydrogen) atoms. The minimum Gasteiger partial charge on any atom is -0.497 e. The van der Waals surface area contributed by atoms with Crippen molar-refractivity contribution in [3.05, 3.63) is 59.9 Å². The number of fused-ring (bicyclic) bond motifs is 1. The molecule has 1 amide bonds. The zero-order valence-electron chi connectivity index (χ0n) is 17.3. The Kier molecular flexibility index (Phi) is 6.95. The van der Waals surface area contributed by atoms with Crippen molar-refractivity contribution in [3.8, 4) is 11.5 Å². The standard InChI is InChI=1S/C23H25NO6/c1-15(21-12-17-6-4-5-7-20(17)30-21)24-22(25)14-29-23(26)9-8-16-10-18(27-2)13-19(11-16)28-3/h4-7,10-13,15H,8-9,14H2,1-3H3,(H,24,25)/t15-/m0/s1. The smallest absolute Gasteiger partial charge is 0.306 e. The first-order valence-corrected chi connectivity index (χ1v) is 9.64. The van der Waals surface area contributed by atoms with Gasteiger partial charge in [-0.3, -0.25) is 9.59 Å². The first-order chi connectivity index (χ1) is 14.5. The van der Waals surface area contributed by atoms with Gasteiger partial charge in [-0.25, -0.2) is 0 Å². The summed E-state index contributed by atoms with van der Waals surface area (Å²) in [6.45, 7) is 1.47. The number of para-hydroxylation sites is 1. The predicted molar refractivity (Wildman–Crippen MR) is 112 cm³/mol. The van der Waals surface area contributed by atoms with E-state index in [-0.39, 0.29) is 25.0 Å². The molecule has 3 rings (SSSR count). The third-order valence-electron chi connectivity index (χ3n) is 4.64. The van der Waals surface area contributed by atoms with Crippen LogP contribution in [0.25, 0.3) is 11.0 Å². The van der Waals surface area contributed by atoms with Gasteiger partial charge in [0, 0.05) is 17.9 Å². The van der Waals surface area contributed by atoms with Gasteiger partial charge in [0.1, 0.15) is 22.8 Å². The van der Waals surface area contributed by atoms with E-state index in [0.29, 0.717) is 23.7 Å². The molecule has 158 valence electrons. The minimum absolute atomic E-state index is 0.142. The van der Waals surface area contributed by atoms with E-state index < -0.39 is 5.97 Å². The number of ether oxygens (including phenoxy) is 3. The van der Waals surface area contributed by atoms with Crippen molar-refractivity contribution in [1.29, 1.82) is 0 Å². The maximum atomic E-state index is 12.1. The van der Waals surface area contributed by atoms with Crippen LogP contribution >= 0.6 is 0 Å². The van der Waals surface area contributed by atoms with Crippen molar-refractivity contribution >= 4 is 22.8 Å². The Morgan fingerprint density at radius 2 is 1.73 bits per heavy atom. The maximum Gasteiger partial charge on any atom is 0.306 e. The molecule has 0 saturated carbocycles. The van der Waals surface area contributed by atoms with Gasteiger partial charge in [-0.15, -0.1) is 0 Å². The zero-order chi connectivity index (χ0) is 21.5. The lowest BCUT2D eigenvalue weighted by molar-refractivity contribution is -0.148. The van der Waals surface area contributed by atoms with Crippen LogP contribution in [-0.4, -0.2) is 32.7 Å². The van der Waals surface area contributed by atoms with Gasteiger partial charge < -0.3 is 23.9 Å². The highest BCUT2D eigenvalue weighted by Gasteiger charge is 2.15. The average Bonchev–Trinajstić information content (AvgIpc) is 3.20. The summed E-state index contributed by atoms with van der Waals surface area (Å²) in [4.78, 5) is 24.1. The van der Waals surface area contributed by atoms with Crippen molar-refractivity contribution in [2.24, 2.45) is 0 Å². The van der Waals surface area contributed by atoms with Crippen LogP contribution in [0.2, 0.25) is 0 Å². The Bertz CT molecular complexity index is 970. The van der Waals surface area contributed by atoms with Crippen LogP contribution in [-0.2, 0) is 20.7 Å². The lowest BCUT2D eigenvalue weighted by Gasteiger charge is -2.12. The van der Waals surface area contributed by atoms with Gasteiger partial charge in [-0.05, 0) is 43.2 Å². The summed E-state index contributed by atoms with van der Waals surface area (Å²) in [5.74, 6) is 1.10. The van der Waals surface area contributed by atoms with Crippen LogP contribution < -0.4 is 14.8 Å². The van der Waals surface area contributed by atoms with Crippen LogP contribution in [0.15, 0.2) is 52.9 Å². The molecule has 0 aliphatic heterocycles. The van der Waals surface area contributed by atoms with Gasteiger partial charge >= 0.3 is 5.97 Å². The number of carbonyl (C=O) groups is 2. The van der Waals surface area contributed by atoms with E-state index in [4.69, 9.17) is 18.6 Å². The zero-order valence-corrected chi connectivity index (χ0v) is 17.3. The van der Waals surface area contributed by atoms with E-state index in [0.717, 1.165) is 16.5 Å². The SMILES string of the molecule is COc1cc(CCC(=O)OCC(=O)N[C@@H](C)c2cc3ccccc3o2)cc(OC)c1. The molecule has 3 aromatic rings. The van der Waals surface area contributed by atoms with Crippen molar-refractivity contribution in [3.63, 3.8) is 0 Å². The molecule has 7 nitrogen and oxygen atoms in total. The number of methoxy groups -OCH3 is 2. The number of furan rings is 1. The lowest BCUT2D eigenvalue weighted by atomic mass is 10.1. The van der Waals surface area contributed by atoms with Crippen LogP contribution in [0, 0.1) is 0 Å². The van der Waals surface area contributed by atoms with Crippen LogP contribution in [0.5, 0.6) is 11.5 Å². The van der Waals surface area contributed by atoms with Crippen LogP contribution in [0.4, 0.5) is 0 Å². The number of hydrogen-bond acceptors (Lipinski definition) is 6. The quantitative estimate of drug-likeness (QED) is 0.539. The topological polar surface area (TPSA) is 87.0 Å². The van der Waals surface area contributed by atoms with Crippen LogP contribution in [0.1, 0.15) is 30.7 Å². The molecule has 0 unspecified atom stereocenters. The molecule has 2 aromatic carbocycles. The van der Waals surface area contributed by atoms with Gasteiger partial charge in [0.05, 0.1) is 20.3 Å². The summed E-state index contributed by atoms with van der Waals surface area (Å²) in [6, 6.07) is 14.6. The monoisotopic (exact) mass is 411 g/mol. The normalized spacial score (nSPS) is 11.7. The molecule has 1 heterocycles. The summed E-state index contributed by atoms with van der Waals surface area (Å²) < 4.78 is 21.3. The number of hydrogen-bond donors (Lipinski definition) is 1. The molecule has 0 bridgehead atoms. The van der Waals surface area contributed by atoms with E-state index in [1.54, 1.807) is 20.3 Å². The number of carbonyl (C=O) groups excluding carboxylic acids is 2. The molecular weight excluding hydrogens is 386 g/mol. The molecule has 0 aliphatic carbocycles. The molecule has 0 saturated heterocycles. The minimum atomic E-state index is -0.455. The molecule has 0 spiro atoms. The second-order valence-electron chi connectivity index (χ2n) is 6.86. The number of esters is 1. The van der Waals surface area contributed by atoms with Gasteiger partial charge in [0.15, 0.2) is 6.61 Å². The number of rotatable bonds is 9. The maximum absolute atomic E-state index is 12.1. The number of benzene rings is 2. The summed E-state index contributed by atoms with van der Waals surface area (Å²) in [6.07, 6.45) is 0.589. The number of aryl methyl sites for hydroxylation is 1. The Morgan fingerprint density at radius 1 is 1.03 bits per heavy atom. The number of amides is 1. The molecule has 0 aliphatic rings. The van der Waals surface area contributed by atoms with Gasteiger partial charge in [-0.2, -0.15) is 0 Å². The first kappa shape index (κ1) is 21.2. The Hall–Kier alpha value is -3.48. The van der Waals surface area contributed by atoms with E-state index in [9.17, 15) is 9.59 Å². The Balaban J connectivity index is 1.45. The highest BCUT2D eigenvalue weighted by Crippen LogP contribution is 2.24. The fourth-order valence-electron chi connectivity index (χ4n) is 3.05. The van der Waals surface area contributed by atoms with E-state index in [1.165, 1.54) is 0 Å². The Labute approximate surface area is 174 Å². The highest BCUT2D eigenvalue weighted by atomic mass is 16.5. The van der Waals surface area contributed by atoms with Crippen molar-refractivity contribution < 1.29 is 28.2 Å². The largest absolute Gasteiger partial charge is 0.497 e. The molecule has 1 atom stereocenters. The van der Waals surface area contributed by atoms with Crippen LogP contribution in [0.3, 0.4) is 0 Å². The first-order valence-electron chi connectivity index (χ1n) is 9.64. The molecular formula is C23H25NO6. The molecule has 0 fully saturated rings. The third kappa shape index (κ3) is 5.53. The van der Waals surface area contributed by atoms with E-state index >= 15 is 0 Å².